The average molecular weight is 375 g/mol. The van der Waals surface area contributed by atoms with Crippen LogP contribution in [0.5, 0.6) is 5.75 Å². The summed E-state index contributed by atoms with van der Waals surface area (Å²) in [7, 11) is 1.60. The molecule has 0 saturated carbocycles. The van der Waals surface area contributed by atoms with Gasteiger partial charge >= 0.3 is 0 Å². The number of furan rings is 1. The van der Waals surface area contributed by atoms with E-state index in [1.807, 2.05) is 56.3 Å². The van der Waals surface area contributed by atoms with Gasteiger partial charge in [0.2, 0.25) is 5.76 Å². The summed E-state index contributed by atoms with van der Waals surface area (Å²) < 4.78 is 11.1. The van der Waals surface area contributed by atoms with Gasteiger partial charge in [-0.1, -0.05) is 30.3 Å². The summed E-state index contributed by atoms with van der Waals surface area (Å²) in [4.78, 5) is 12.7. The van der Waals surface area contributed by atoms with E-state index in [9.17, 15) is 4.79 Å². The second kappa shape index (κ2) is 7.81. The van der Waals surface area contributed by atoms with E-state index in [1.165, 1.54) is 0 Å². The van der Waals surface area contributed by atoms with Gasteiger partial charge in [-0.15, -0.1) is 12.4 Å². The maximum atomic E-state index is 12.7. The molecule has 5 nitrogen and oxygen atoms in total. The first-order valence-corrected chi connectivity index (χ1v) is 8.12. The first-order chi connectivity index (χ1) is 11.9. The monoisotopic (exact) mass is 374 g/mol. The van der Waals surface area contributed by atoms with E-state index in [4.69, 9.17) is 14.9 Å². The predicted molar refractivity (Wildman–Crippen MR) is 106 cm³/mol. The SMILES string of the molecule is COc1ccc2c(-c3ccccc3)c(C(=O)NCC(C)(C)N)oc2c1.Cl. The second-order valence-electron chi connectivity index (χ2n) is 6.71. The lowest BCUT2D eigenvalue weighted by Crippen LogP contribution is -2.45. The highest BCUT2D eigenvalue weighted by atomic mass is 35.5. The summed E-state index contributed by atoms with van der Waals surface area (Å²) in [6, 6.07) is 15.3. The zero-order chi connectivity index (χ0) is 18.0. The highest BCUT2D eigenvalue weighted by Gasteiger charge is 2.23. The number of amides is 1. The van der Waals surface area contributed by atoms with Crippen LogP contribution in [0.4, 0.5) is 0 Å². The van der Waals surface area contributed by atoms with E-state index in [1.54, 1.807) is 13.2 Å². The number of hydrogen-bond donors (Lipinski definition) is 2. The van der Waals surface area contributed by atoms with Crippen molar-refractivity contribution in [2.45, 2.75) is 19.4 Å². The lowest BCUT2D eigenvalue weighted by Gasteiger charge is -2.18. The highest BCUT2D eigenvalue weighted by Crippen LogP contribution is 2.36. The van der Waals surface area contributed by atoms with Crippen LogP contribution in [0.3, 0.4) is 0 Å². The molecule has 1 aromatic heterocycles. The summed E-state index contributed by atoms with van der Waals surface area (Å²) in [5, 5.41) is 3.71. The van der Waals surface area contributed by atoms with Crippen molar-refractivity contribution in [3.05, 3.63) is 54.3 Å². The molecule has 26 heavy (non-hydrogen) atoms. The van der Waals surface area contributed by atoms with Crippen LogP contribution in [-0.2, 0) is 0 Å². The molecule has 0 aliphatic carbocycles. The minimum absolute atomic E-state index is 0. The molecule has 1 heterocycles. The van der Waals surface area contributed by atoms with Crippen molar-refractivity contribution in [1.82, 2.24) is 5.32 Å². The third kappa shape index (κ3) is 4.18. The molecule has 2 aromatic carbocycles. The van der Waals surface area contributed by atoms with Gasteiger partial charge in [0, 0.05) is 29.1 Å². The normalized spacial score (nSPS) is 11.1. The quantitative estimate of drug-likeness (QED) is 0.707. The molecule has 6 heteroatoms. The van der Waals surface area contributed by atoms with Crippen LogP contribution >= 0.6 is 12.4 Å². The van der Waals surface area contributed by atoms with Gasteiger partial charge in [0.1, 0.15) is 11.3 Å². The van der Waals surface area contributed by atoms with Gasteiger partial charge in [0.05, 0.1) is 7.11 Å². The lowest BCUT2D eigenvalue weighted by molar-refractivity contribution is 0.0921. The second-order valence-corrected chi connectivity index (χ2v) is 6.71. The molecule has 0 aliphatic rings. The molecule has 3 N–H and O–H groups in total. The minimum Gasteiger partial charge on any atom is -0.497 e. The number of nitrogens with two attached hydrogens (primary N) is 1. The van der Waals surface area contributed by atoms with Crippen molar-refractivity contribution in [1.29, 1.82) is 0 Å². The molecule has 0 bridgehead atoms. The zero-order valence-electron chi connectivity index (χ0n) is 15.0. The summed E-state index contributed by atoms with van der Waals surface area (Å²) in [5.41, 5.74) is 7.76. The summed E-state index contributed by atoms with van der Waals surface area (Å²) >= 11 is 0. The Morgan fingerprint density at radius 1 is 1.19 bits per heavy atom. The molecular weight excluding hydrogens is 352 g/mol. The van der Waals surface area contributed by atoms with Crippen LogP contribution < -0.4 is 15.8 Å². The Labute approximate surface area is 158 Å². The third-order valence-electron chi connectivity index (χ3n) is 3.87. The Kier molecular flexibility index (Phi) is 5.95. The van der Waals surface area contributed by atoms with Crippen LogP contribution in [0.25, 0.3) is 22.1 Å². The molecule has 0 aliphatic heterocycles. The standard InChI is InChI=1S/C20H22N2O3.ClH/c1-20(2,21)12-22-19(23)18-17(13-7-5-4-6-8-13)15-10-9-14(24-3)11-16(15)25-18;/h4-11H,12,21H2,1-3H3,(H,22,23);1H. The molecule has 3 aromatic rings. The Balaban J connectivity index is 0.00000243. The first-order valence-electron chi connectivity index (χ1n) is 8.12. The molecule has 0 saturated heterocycles. The number of benzene rings is 2. The number of hydrogen-bond acceptors (Lipinski definition) is 4. The average Bonchev–Trinajstić information content (AvgIpc) is 2.98. The van der Waals surface area contributed by atoms with E-state index in [-0.39, 0.29) is 24.1 Å². The van der Waals surface area contributed by atoms with Crippen molar-refractivity contribution in [3.63, 3.8) is 0 Å². The smallest absolute Gasteiger partial charge is 0.287 e. The molecule has 0 unspecified atom stereocenters. The topological polar surface area (TPSA) is 77.5 Å². The fourth-order valence-corrected chi connectivity index (χ4v) is 2.64. The molecule has 0 atom stereocenters. The number of halogens is 1. The van der Waals surface area contributed by atoms with Gasteiger partial charge < -0.3 is 20.2 Å². The third-order valence-corrected chi connectivity index (χ3v) is 3.87. The van der Waals surface area contributed by atoms with Crippen molar-refractivity contribution in [2.75, 3.05) is 13.7 Å². The van der Waals surface area contributed by atoms with E-state index in [0.29, 0.717) is 17.9 Å². The predicted octanol–water partition coefficient (Wildman–Crippen LogP) is 4.00. The van der Waals surface area contributed by atoms with Gasteiger partial charge in [0.15, 0.2) is 0 Å². The summed E-state index contributed by atoms with van der Waals surface area (Å²) in [6.07, 6.45) is 0. The molecule has 0 spiro atoms. The van der Waals surface area contributed by atoms with Crippen molar-refractivity contribution < 1.29 is 13.9 Å². The molecule has 0 radical (unpaired) electrons. The molecule has 1 amide bonds. The Bertz CT molecular complexity index is 899. The number of carbonyl (C=O) groups excluding carboxylic acids is 1. The maximum absolute atomic E-state index is 12.7. The number of methoxy groups -OCH3 is 1. The van der Waals surface area contributed by atoms with Crippen LogP contribution in [0.2, 0.25) is 0 Å². The van der Waals surface area contributed by atoms with Gasteiger partial charge in [0.25, 0.3) is 5.91 Å². The number of carbonyl (C=O) groups is 1. The van der Waals surface area contributed by atoms with Gasteiger partial charge in [-0.05, 0) is 31.5 Å². The minimum atomic E-state index is -0.502. The molecule has 0 fully saturated rings. The van der Waals surface area contributed by atoms with Crippen molar-refractivity contribution in [3.8, 4) is 16.9 Å². The fraction of sp³-hybridized carbons (Fsp3) is 0.250. The van der Waals surface area contributed by atoms with Gasteiger partial charge in [-0.25, -0.2) is 0 Å². The number of rotatable bonds is 5. The van der Waals surface area contributed by atoms with Crippen LogP contribution in [0, 0.1) is 0 Å². The Hall–Kier alpha value is -2.50. The zero-order valence-corrected chi connectivity index (χ0v) is 15.9. The van der Waals surface area contributed by atoms with Crippen LogP contribution in [0.1, 0.15) is 24.4 Å². The summed E-state index contributed by atoms with van der Waals surface area (Å²) in [5.74, 6) is 0.669. The number of nitrogens with one attached hydrogen (secondary N) is 1. The van der Waals surface area contributed by atoms with Gasteiger partial charge in [-0.3, -0.25) is 4.79 Å². The van der Waals surface area contributed by atoms with Crippen LogP contribution in [0.15, 0.2) is 52.9 Å². The van der Waals surface area contributed by atoms with Gasteiger partial charge in [-0.2, -0.15) is 0 Å². The number of fused-ring (bicyclic) bond motifs is 1. The largest absolute Gasteiger partial charge is 0.497 e. The van der Waals surface area contributed by atoms with Crippen LogP contribution in [-0.4, -0.2) is 25.1 Å². The van der Waals surface area contributed by atoms with Crippen molar-refractivity contribution in [2.24, 2.45) is 5.73 Å². The maximum Gasteiger partial charge on any atom is 0.287 e. The van der Waals surface area contributed by atoms with E-state index in [2.05, 4.69) is 5.32 Å². The first kappa shape index (κ1) is 19.8. The Morgan fingerprint density at radius 3 is 2.50 bits per heavy atom. The van der Waals surface area contributed by atoms with E-state index < -0.39 is 5.54 Å². The van der Waals surface area contributed by atoms with E-state index >= 15 is 0 Å². The number of ether oxygens (including phenoxy) is 1. The molecule has 138 valence electrons. The highest BCUT2D eigenvalue weighted by molar-refractivity contribution is 6.08. The Morgan fingerprint density at radius 2 is 1.88 bits per heavy atom. The molecule has 3 rings (SSSR count). The summed E-state index contributed by atoms with van der Waals surface area (Å²) in [6.45, 7) is 4.06. The lowest BCUT2D eigenvalue weighted by atomic mass is 10.0. The molecular formula is C20H23ClN2O3. The van der Waals surface area contributed by atoms with E-state index in [0.717, 1.165) is 16.5 Å². The van der Waals surface area contributed by atoms with Crippen molar-refractivity contribution >= 4 is 29.3 Å². The fourth-order valence-electron chi connectivity index (χ4n) is 2.64.